The number of nitriles is 1. The van der Waals surface area contributed by atoms with Gasteiger partial charge in [0.15, 0.2) is 0 Å². The highest BCUT2D eigenvalue weighted by Gasteiger charge is 2.27. The first-order chi connectivity index (χ1) is 8.65. The molecule has 0 aromatic carbocycles. The molecular formula is C13H17BrN4. The number of halogens is 1. The molecule has 2 unspecified atom stereocenters. The summed E-state index contributed by atoms with van der Waals surface area (Å²) in [5.74, 6) is 1.46. The Balaban J connectivity index is 2.33. The smallest absolute Gasteiger partial charge is 0.146 e. The number of piperidine rings is 1. The number of nitrogens with two attached hydrogens (primary N) is 1. The summed E-state index contributed by atoms with van der Waals surface area (Å²) in [5, 5.41) is 9.22. The number of nitrogens with zero attached hydrogens (tertiary/aromatic N) is 3. The molecular weight excluding hydrogens is 292 g/mol. The second-order valence-corrected chi connectivity index (χ2v) is 5.76. The van der Waals surface area contributed by atoms with Crippen molar-refractivity contribution in [3.63, 3.8) is 0 Å². The molecule has 2 heterocycles. The molecule has 0 bridgehead atoms. The Bertz CT molecular complexity index is 469. The van der Waals surface area contributed by atoms with Gasteiger partial charge in [0.2, 0.25) is 0 Å². The molecule has 1 fully saturated rings. The van der Waals surface area contributed by atoms with Gasteiger partial charge in [-0.3, -0.25) is 0 Å². The molecule has 0 saturated carbocycles. The molecule has 1 aromatic rings. The van der Waals surface area contributed by atoms with E-state index in [1.54, 1.807) is 6.20 Å². The quantitative estimate of drug-likeness (QED) is 0.910. The molecule has 18 heavy (non-hydrogen) atoms. The fourth-order valence-corrected chi connectivity index (χ4v) is 2.83. The lowest BCUT2D eigenvalue weighted by molar-refractivity contribution is 0.365. The van der Waals surface area contributed by atoms with E-state index in [9.17, 15) is 5.26 Å². The number of anilines is 1. The fraction of sp³-hybridized carbons (Fsp3) is 0.538. The van der Waals surface area contributed by atoms with Crippen molar-refractivity contribution in [1.82, 2.24) is 4.98 Å². The Kier molecular flexibility index (Phi) is 4.20. The number of hydrogen-bond acceptors (Lipinski definition) is 4. The van der Waals surface area contributed by atoms with Crippen molar-refractivity contribution in [2.75, 3.05) is 18.0 Å². The van der Waals surface area contributed by atoms with Gasteiger partial charge >= 0.3 is 0 Å². The third-order valence-corrected chi connectivity index (χ3v) is 3.91. The van der Waals surface area contributed by atoms with Crippen molar-refractivity contribution in [3.8, 4) is 6.07 Å². The summed E-state index contributed by atoms with van der Waals surface area (Å²) in [4.78, 5) is 6.58. The Morgan fingerprint density at radius 3 is 3.11 bits per heavy atom. The van der Waals surface area contributed by atoms with Crippen LogP contribution in [0.5, 0.6) is 0 Å². The summed E-state index contributed by atoms with van der Waals surface area (Å²) < 4.78 is 0.831. The molecule has 1 saturated heterocycles. The van der Waals surface area contributed by atoms with Crippen LogP contribution >= 0.6 is 15.9 Å². The zero-order chi connectivity index (χ0) is 13.1. The Labute approximate surface area is 116 Å². The molecule has 1 aromatic heterocycles. The average molecular weight is 309 g/mol. The van der Waals surface area contributed by atoms with E-state index in [0.29, 0.717) is 18.0 Å². The van der Waals surface area contributed by atoms with Crippen LogP contribution in [-0.2, 0) is 0 Å². The van der Waals surface area contributed by atoms with E-state index in [2.05, 4.69) is 38.8 Å². The number of hydrogen-bond donors (Lipinski definition) is 1. The molecule has 2 atom stereocenters. The molecule has 0 amide bonds. The lowest BCUT2D eigenvalue weighted by Crippen LogP contribution is -2.47. The van der Waals surface area contributed by atoms with Crippen LogP contribution in [0.2, 0.25) is 0 Å². The van der Waals surface area contributed by atoms with E-state index < -0.39 is 0 Å². The SMILES string of the molecule is CC1CCN(c2ncc(Br)cc2C#N)C(CN)C1. The summed E-state index contributed by atoms with van der Waals surface area (Å²) in [6, 6.07) is 4.31. The second kappa shape index (κ2) is 5.68. The van der Waals surface area contributed by atoms with Gasteiger partial charge in [0.25, 0.3) is 0 Å². The zero-order valence-corrected chi connectivity index (χ0v) is 12.0. The topological polar surface area (TPSA) is 65.9 Å². The minimum Gasteiger partial charge on any atom is -0.351 e. The fourth-order valence-electron chi connectivity index (χ4n) is 2.50. The van der Waals surface area contributed by atoms with Crippen molar-refractivity contribution in [1.29, 1.82) is 5.26 Å². The van der Waals surface area contributed by atoms with Crippen LogP contribution in [0.4, 0.5) is 5.82 Å². The summed E-state index contributed by atoms with van der Waals surface area (Å²) >= 11 is 3.35. The van der Waals surface area contributed by atoms with Crippen LogP contribution < -0.4 is 10.6 Å². The minimum atomic E-state index is 0.287. The molecule has 5 heteroatoms. The van der Waals surface area contributed by atoms with Crippen molar-refractivity contribution in [2.45, 2.75) is 25.8 Å². The first-order valence-corrected chi connectivity index (χ1v) is 6.97. The third kappa shape index (κ3) is 2.65. The van der Waals surface area contributed by atoms with Gasteiger partial charge in [-0.15, -0.1) is 0 Å². The lowest BCUT2D eigenvalue weighted by atomic mass is 9.92. The second-order valence-electron chi connectivity index (χ2n) is 4.85. The van der Waals surface area contributed by atoms with Gasteiger partial charge in [-0.1, -0.05) is 6.92 Å². The molecule has 96 valence electrons. The maximum Gasteiger partial charge on any atom is 0.146 e. The van der Waals surface area contributed by atoms with Gasteiger partial charge in [-0.2, -0.15) is 5.26 Å². The van der Waals surface area contributed by atoms with Crippen molar-refractivity contribution >= 4 is 21.7 Å². The molecule has 0 radical (unpaired) electrons. The van der Waals surface area contributed by atoms with E-state index >= 15 is 0 Å². The first-order valence-electron chi connectivity index (χ1n) is 6.18. The summed E-state index contributed by atoms with van der Waals surface area (Å²) in [5.41, 5.74) is 6.46. The predicted molar refractivity (Wildman–Crippen MR) is 75.2 cm³/mol. The van der Waals surface area contributed by atoms with E-state index in [-0.39, 0.29) is 6.04 Å². The van der Waals surface area contributed by atoms with Gasteiger partial charge in [0, 0.05) is 29.8 Å². The number of rotatable bonds is 2. The van der Waals surface area contributed by atoms with Crippen molar-refractivity contribution in [2.24, 2.45) is 11.7 Å². The molecule has 4 nitrogen and oxygen atoms in total. The average Bonchev–Trinajstić information content (AvgIpc) is 2.38. The van der Waals surface area contributed by atoms with E-state index in [0.717, 1.165) is 29.7 Å². The van der Waals surface area contributed by atoms with Crippen LogP contribution in [0.1, 0.15) is 25.3 Å². The van der Waals surface area contributed by atoms with Gasteiger partial charge < -0.3 is 10.6 Å². The number of aromatic nitrogens is 1. The van der Waals surface area contributed by atoms with Crippen molar-refractivity contribution < 1.29 is 0 Å². The zero-order valence-electron chi connectivity index (χ0n) is 10.4. The standard InChI is InChI=1S/C13H17BrN4/c1-9-2-3-18(12(4-9)7-16)13-10(6-15)5-11(14)8-17-13/h5,8-9,12H,2-4,7,16H2,1H3. The molecule has 1 aliphatic heterocycles. The molecule has 2 N–H and O–H groups in total. The van der Waals surface area contributed by atoms with E-state index in [1.165, 1.54) is 0 Å². The third-order valence-electron chi connectivity index (χ3n) is 3.48. The lowest BCUT2D eigenvalue weighted by Gasteiger charge is -2.39. The van der Waals surface area contributed by atoms with Crippen molar-refractivity contribution in [3.05, 3.63) is 22.3 Å². The summed E-state index contributed by atoms with van der Waals surface area (Å²) in [6.45, 7) is 3.78. The maximum absolute atomic E-state index is 9.22. The summed E-state index contributed by atoms with van der Waals surface area (Å²) in [7, 11) is 0. The highest BCUT2D eigenvalue weighted by atomic mass is 79.9. The van der Waals surface area contributed by atoms with Crippen LogP contribution in [0.25, 0.3) is 0 Å². The molecule has 2 rings (SSSR count). The first kappa shape index (κ1) is 13.3. The predicted octanol–water partition coefficient (Wildman–Crippen LogP) is 2.28. The van der Waals surface area contributed by atoms with Crippen LogP contribution in [0.15, 0.2) is 16.7 Å². The Morgan fingerprint density at radius 2 is 2.44 bits per heavy atom. The monoisotopic (exact) mass is 308 g/mol. The minimum absolute atomic E-state index is 0.287. The van der Waals surface area contributed by atoms with Crippen LogP contribution in [-0.4, -0.2) is 24.1 Å². The van der Waals surface area contributed by atoms with Gasteiger partial charge in [0.1, 0.15) is 11.9 Å². The van der Waals surface area contributed by atoms with Gasteiger partial charge in [0.05, 0.1) is 5.56 Å². The molecule has 1 aliphatic rings. The van der Waals surface area contributed by atoms with Gasteiger partial charge in [-0.05, 0) is 40.8 Å². The largest absolute Gasteiger partial charge is 0.351 e. The highest BCUT2D eigenvalue weighted by Crippen LogP contribution is 2.29. The van der Waals surface area contributed by atoms with Gasteiger partial charge in [-0.25, -0.2) is 4.98 Å². The maximum atomic E-state index is 9.22. The highest BCUT2D eigenvalue weighted by molar-refractivity contribution is 9.10. The van der Waals surface area contributed by atoms with Crippen LogP contribution in [0.3, 0.4) is 0 Å². The number of pyridine rings is 1. The normalized spacial score (nSPS) is 23.8. The Hall–Kier alpha value is -1.12. The van der Waals surface area contributed by atoms with E-state index in [4.69, 9.17) is 5.73 Å². The molecule has 0 aliphatic carbocycles. The summed E-state index contributed by atoms with van der Waals surface area (Å²) in [6.07, 6.45) is 3.93. The molecule has 0 spiro atoms. The van der Waals surface area contributed by atoms with E-state index in [1.807, 2.05) is 6.07 Å². The Morgan fingerprint density at radius 1 is 1.67 bits per heavy atom. The van der Waals surface area contributed by atoms with Crippen LogP contribution in [0, 0.1) is 17.2 Å².